The van der Waals surface area contributed by atoms with Gasteiger partial charge in [0.05, 0.1) is 12.0 Å². The van der Waals surface area contributed by atoms with Crippen LogP contribution in [0.2, 0.25) is 0 Å². The maximum Gasteiger partial charge on any atom is 0.335 e. The molecule has 3 N–H and O–H groups in total. The molecule has 0 atom stereocenters. The predicted molar refractivity (Wildman–Crippen MR) is 77.1 cm³/mol. The molecule has 0 saturated carbocycles. The summed E-state index contributed by atoms with van der Waals surface area (Å²) in [6.07, 6.45) is 0.207. The van der Waals surface area contributed by atoms with E-state index in [4.69, 9.17) is 10.2 Å². The first kappa shape index (κ1) is 14.6. The summed E-state index contributed by atoms with van der Waals surface area (Å²) < 4.78 is 0. The van der Waals surface area contributed by atoms with Crippen molar-refractivity contribution in [2.45, 2.75) is 13.0 Å². The van der Waals surface area contributed by atoms with E-state index in [-0.39, 0.29) is 30.2 Å². The van der Waals surface area contributed by atoms with Gasteiger partial charge in [0, 0.05) is 6.54 Å². The van der Waals surface area contributed by atoms with Crippen LogP contribution in [0.1, 0.15) is 21.5 Å². The van der Waals surface area contributed by atoms with Gasteiger partial charge < -0.3 is 15.5 Å². The number of benzene rings is 2. The molecule has 21 heavy (non-hydrogen) atoms. The Kier molecular flexibility index (Phi) is 4.56. The SMILES string of the molecule is O=C(Cc1ccc(O)cc1)NCc1cccc(C(=O)O)c1. The van der Waals surface area contributed by atoms with E-state index in [1.54, 1.807) is 24.3 Å². The van der Waals surface area contributed by atoms with Crippen LogP contribution in [0.5, 0.6) is 5.75 Å². The predicted octanol–water partition coefficient (Wildman–Crippen LogP) is 1.95. The number of hydrogen-bond acceptors (Lipinski definition) is 3. The van der Waals surface area contributed by atoms with Crippen molar-refractivity contribution in [1.82, 2.24) is 5.32 Å². The molecular formula is C16H15NO4. The van der Waals surface area contributed by atoms with Crippen LogP contribution in [-0.4, -0.2) is 22.1 Å². The third kappa shape index (κ3) is 4.35. The monoisotopic (exact) mass is 285 g/mol. The van der Waals surface area contributed by atoms with Crippen molar-refractivity contribution in [2.75, 3.05) is 0 Å². The van der Waals surface area contributed by atoms with E-state index in [1.165, 1.54) is 24.3 Å². The largest absolute Gasteiger partial charge is 0.508 e. The Morgan fingerprint density at radius 3 is 2.38 bits per heavy atom. The van der Waals surface area contributed by atoms with Crippen molar-refractivity contribution < 1.29 is 19.8 Å². The quantitative estimate of drug-likeness (QED) is 0.783. The summed E-state index contributed by atoms with van der Waals surface area (Å²) in [7, 11) is 0. The number of carboxylic acids is 1. The Hall–Kier alpha value is -2.82. The molecule has 5 heteroatoms. The molecule has 0 radical (unpaired) electrons. The molecule has 0 bridgehead atoms. The molecular weight excluding hydrogens is 270 g/mol. The van der Waals surface area contributed by atoms with Crippen molar-refractivity contribution in [3.63, 3.8) is 0 Å². The number of aromatic hydroxyl groups is 1. The lowest BCUT2D eigenvalue weighted by Gasteiger charge is -2.06. The number of rotatable bonds is 5. The van der Waals surface area contributed by atoms with Gasteiger partial charge in [-0.15, -0.1) is 0 Å². The van der Waals surface area contributed by atoms with Crippen molar-refractivity contribution >= 4 is 11.9 Å². The number of amides is 1. The highest BCUT2D eigenvalue weighted by molar-refractivity contribution is 5.87. The standard InChI is InChI=1S/C16H15NO4/c18-14-6-4-11(5-7-14)9-15(19)17-10-12-2-1-3-13(8-12)16(20)21/h1-8,18H,9-10H2,(H,17,19)(H,20,21). The van der Waals surface area contributed by atoms with Crippen molar-refractivity contribution in [1.29, 1.82) is 0 Å². The lowest BCUT2D eigenvalue weighted by Crippen LogP contribution is -2.24. The van der Waals surface area contributed by atoms with Crippen LogP contribution in [-0.2, 0) is 17.8 Å². The Morgan fingerprint density at radius 1 is 1.00 bits per heavy atom. The first-order valence-electron chi connectivity index (χ1n) is 6.41. The third-order valence-electron chi connectivity index (χ3n) is 2.96. The lowest BCUT2D eigenvalue weighted by molar-refractivity contribution is -0.120. The fourth-order valence-corrected chi connectivity index (χ4v) is 1.88. The van der Waals surface area contributed by atoms with Crippen molar-refractivity contribution in [3.8, 4) is 5.75 Å². The van der Waals surface area contributed by atoms with Crippen LogP contribution in [0.25, 0.3) is 0 Å². The summed E-state index contributed by atoms with van der Waals surface area (Å²) >= 11 is 0. The Labute approximate surface area is 121 Å². The molecule has 0 fully saturated rings. The van der Waals surface area contributed by atoms with E-state index >= 15 is 0 Å². The van der Waals surface area contributed by atoms with Gasteiger partial charge in [0.15, 0.2) is 0 Å². The molecule has 0 aliphatic carbocycles. The van der Waals surface area contributed by atoms with Crippen LogP contribution < -0.4 is 5.32 Å². The van der Waals surface area contributed by atoms with Gasteiger partial charge in [-0.3, -0.25) is 4.79 Å². The molecule has 0 aromatic heterocycles. The molecule has 0 aliphatic heterocycles. The van der Waals surface area contributed by atoms with Gasteiger partial charge in [-0.25, -0.2) is 4.79 Å². The summed E-state index contributed by atoms with van der Waals surface area (Å²) in [5, 5.41) is 20.8. The summed E-state index contributed by atoms with van der Waals surface area (Å²) in [5.41, 5.74) is 1.72. The number of nitrogens with one attached hydrogen (secondary N) is 1. The van der Waals surface area contributed by atoms with Gasteiger partial charge in [-0.2, -0.15) is 0 Å². The van der Waals surface area contributed by atoms with E-state index < -0.39 is 5.97 Å². The Morgan fingerprint density at radius 2 is 1.71 bits per heavy atom. The van der Waals surface area contributed by atoms with Crippen LogP contribution in [0, 0.1) is 0 Å². The minimum atomic E-state index is -0.993. The van der Waals surface area contributed by atoms with Crippen molar-refractivity contribution in [3.05, 3.63) is 65.2 Å². The lowest BCUT2D eigenvalue weighted by atomic mass is 10.1. The molecule has 2 aromatic carbocycles. The van der Waals surface area contributed by atoms with Gasteiger partial charge >= 0.3 is 5.97 Å². The molecule has 0 spiro atoms. The first-order chi connectivity index (χ1) is 10.0. The van der Waals surface area contributed by atoms with E-state index in [2.05, 4.69) is 5.32 Å². The van der Waals surface area contributed by atoms with Crippen molar-refractivity contribution in [2.24, 2.45) is 0 Å². The molecule has 2 aromatic rings. The number of carbonyl (C=O) groups excluding carboxylic acids is 1. The maximum atomic E-state index is 11.8. The topological polar surface area (TPSA) is 86.6 Å². The molecule has 2 rings (SSSR count). The maximum absolute atomic E-state index is 11.8. The summed E-state index contributed by atoms with van der Waals surface area (Å²) in [6, 6.07) is 12.9. The number of hydrogen-bond donors (Lipinski definition) is 3. The van der Waals surface area contributed by atoms with E-state index in [1.807, 2.05) is 0 Å². The minimum absolute atomic E-state index is 0.157. The number of carbonyl (C=O) groups is 2. The first-order valence-corrected chi connectivity index (χ1v) is 6.41. The molecule has 0 heterocycles. The van der Waals surface area contributed by atoms with E-state index in [9.17, 15) is 9.59 Å². The van der Waals surface area contributed by atoms with Crippen LogP contribution in [0.4, 0.5) is 0 Å². The van der Waals surface area contributed by atoms with Gasteiger partial charge in [0.25, 0.3) is 0 Å². The second kappa shape index (κ2) is 6.56. The Bertz CT molecular complexity index is 650. The fourth-order valence-electron chi connectivity index (χ4n) is 1.88. The van der Waals surface area contributed by atoms with Crippen LogP contribution in [0.15, 0.2) is 48.5 Å². The average molecular weight is 285 g/mol. The van der Waals surface area contributed by atoms with E-state index in [0.29, 0.717) is 0 Å². The highest BCUT2D eigenvalue weighted by atomic mass is 16.4. The fraction of sp³-hybridized carbons (Fsp3) is 0.125. The minimum Gasteiger partial charge on any atom is -0.508 e. The third-order valence-corrected chi connectivity index (χ3v) is 2.96. The number of phenols is 1. The normalized spacial score (nSPS) is 10.1. The number of aromatic carboxylic acids is 1. The molecule has 5 nitrogen and oxygen atoms in total. The zero-order valence-corrected chi connectivity index (χ0v) is 11.2. The van der Waals surface area contributed by atoms with Crippen LogP contribution in [0.3, 0.4) is 0 Å². The van der Waals surface area contributed by atoms with E-state index in [0.717, 1.165) is 11.1 Å². The number of phenolic OH excluding ortho intramolecular Hbond substituents is 1. The zero-order valence-electron chi connectivity index (χ0n) is 11.2. The van der Waals surface area contributed by atoms with Gasteiger partial charge in [-0.05, 0) is 35.4 Å². The molecule has 108 valence electrons. The highest BCUT2D eigenvalue weighted by Gasteiger charge is 2.06. The average Bonchev–Trinajstić information content (AvgIpc) is 2.48. The Balaban J connectivity index is 1.90. The smallest absolute Gasteiger partial charge is 0.335 e. The number of carboxylic acid groups (broad SMARTS) is 1. The van der Waals surface area contributed by atoms with Gasteiger partial charge in [0.1, 0.15) is 5.75 Å². The molecule has 1 amide bonds. The second-order valence-corrected chi connectivity index (χ2v) is 4.63. The summed E-state index contributed by atoms with van der Waals surface area (Å²) in [4.78, 5) is 22.7. The zero-order chi connectivity index (χ0) is 15.2. The van der Waals surface area contributed by atoms with Crippen LogP contribution >= 0.6 is 0 Å². The van der Waals surface area contributed by atoms with Gasteiger partial charge in [-0.1, -0.05) is 24.3 Å². The molecule has 0 unspecified atom stereocenters. The summed E-state index contributed by atoms with van der Waals surface area (Å²) in [6.45, 7) is 0.276. The summed E-state index contributed by atoms with van der Waals surface area (Å²) in [5.74, 6) is -1.00. The van der Waals surface area contributed by atoms with Gasteiger partial charge in [0.2, 0.25) is 5.91 Å². The molecule has 0 saturated heterocycles. The second-order valence-electron chi connectivity index (χ2n) is 4.63. The molecule has 0 aliphatic rings. The highest BCUT2D eigenvalue weighted by Crippen LogP contribution is 2.10.